The van der Waals surface area contributed by atoms with Crippen LogP contribution in [-0.4, -0.2) is 16.6 Å². The first-order valence-electron chi connectivity index (χ1n) is 8.98. The van der Waals surface area contributed by atoms with Crippen molar-refractivity contribution in [3.8, 4) is 0 Å². The van der Waals surface area contributed by atoms with Crippen LogP contribution in [0, 0.1) is 0 Å². The largest absolute Gasteiger partial charge is 0.480 e. The Morgan fingerprint density at radius 3 is 2.65 bits per heavy atom. The molecule has 136 valence electrons. The summed E-state index contributed by atoms with van der Waals surface area (Å²) in [4.78, 5) is 11.6. The number of rotatable bonds is 4. The molecule has 2 aromatic carbocycles. The van der Waals surface area contributed by atoms with Gasteiger partial charge in [0.15, 0.2) is 0 Å². The van der Waals surface area contributed by atoms with Gasteiger partial charge in [0.25, 0.3) is 0 Å². The van der Waals surface area contributed by atoms with Gasteiger partial charge in [-0.3, -0.25) is 0 Å². The quantitative estimate of drug-likeness (QED) is 0.691. The van der Waals surface area contributed by atoms with Crippen molar-refractivity contribution in [3.05, 3.63) is 58.6 Å². The maximum atomic E-state index is 11.6. The van der Waals surface area contributed by atoms with Crippen LogP contribution in [0.5, 0.6) is 0 Å². The maximum absolute atomic E-state index is 11.6. The van der Waals surface area contributed by atoms with Gasteiger partial charge in [-0.15, -0.1) is 0 Å². The van der Waals surface area contributed by atoms with Gasteiger partial charge in [-0.05, 0) is 60.1 Å². The van der Waals surface area contributed by atoms with Crippen molar-refractivity contribution in [3.63, 3.8) is 0 Å². The summed E-state index contributed by atoms with van der Waals surface area (Å²) in [7, 11) is 0. The molecular formula is C21H23ClN2O2. The third kappa shape index (κ3) is 2.92. The monoisotopic (exact) mass is 370 g/mol. The van der Waals surface area contributed by atoms with Gasteiger partial charge < -0.3 is 15.7 Å². The minimum absolute atomic E-state index is 0.0344. The lowest BCUT2D eigenvalue weighted by atomic mass is 9.74. The molecule has 0 saturated heterocycles. The number of para-hydroxylation sites is 1. The Morgan fingerprint density at radius 2 is 1.96 bits per heavy atom. The Hall–Kier alpha value is -2.20. The molecule has 1 atom stereocenters. The van der Waals surface area contributed by atoms with Gasteiger partial charge in [0.1, 0.15) is 5.54 Å². The number of nitrogens with one attached hydrogen (secondary N) is 2. The molecule has 1 fully saturated rings. The van der Waals surface area contributed by atoms with E-state index < -0.39 is 11.5 Å². The number of hydrogen-bond donors (Lipinski definition) is 3. The van der Waals surface area contributed by atoms with E-state index in [1.54, 1.807) is 0 Å². The van der Waals surface area contributed by atoms with Crippen LogP contribution in [0.1, 0.15) is 50.3 Å². The SMILES string of the molecule is CC1(C)CC(c2ccccc2NC2(C(=O)O)CC2)Nc2ccc(Cl)cc21. The molecule has 3 N–H and O–H groups in total. The van der Waals surface area contributed by atoms with Gasteiger partial charge in [-0.25, -0.2) is 4.79 Å². The molecular weight excluding hydrogens is 348 g/mol. The predicted molar refractivity (Wildman–Crippen MR) is 105 cm³/mol. The van der Waals surface area contributed by atoms with Crippen LogP contribution in [0.25, 0.3) is 0 Å². The van der Waals surface area contributed by atoms with Crippen molar-refractivity contribution in [2.24, 2.45) is 0 Å². The van der Waals surface area contributed by atoms with E-state index in [9.17, 15) is 9.90 Å². The van der Waals surface area contributed by atoms with Crippen LogP contribution in [0.3, 0.4) is 0 Å². The lowest BCUT2D eigenvalue weighted by Gasteiger charge is -2.39. The molecule has 1 aliphatic heterocycles. The van der Waals surface area contributed by atoms with Crippen LogP contribution in [0.15, 0.2) is 42.5 Å². The molecule has 5 heteroatoms. The highest BCUT2D eigenvalue weighted by molar-refractivity contribution is 6.30. The Labute approximate surface area is 158 Å². The van der Waals surface area contributed by atoms with Gasteiger partial charge >= 0.3 is 5.97 Å². The number of fused-ring (bicyclic) bond motifs is 1. The van der Waals surface area contributed by atoms with Crippen LogP contribution >= 0.6 is 11.6 Å². The molecule has 0 amide bonds. The predicted octanol–water partition coefficient (Wildman–Crippen LogP) is 5.20. The molecule has 4 rings (SSSR count). The van der Waals surface area contributed by atoms with E-state index in [0.29, 0.717) is 12.8 Å². The molecule has 1 heterocycles. The number of anilines is 2. The lowest BCUT2D eigenvalue weighted by molar-refractivity contribution is -0.138. The highest BCUT2D eigenvalue weighted by atomic mass is 35.5. The maximum Gasteiger partial charge on any atom is 0.329 e. The summed E-state index contributed by atoms with van der Waals surface area (Å²) < 4.78 is 0. The number of aliphatic carboxylic acids is 1. The van der Waals surface area contributed by atoms with Crippen molar-refractivity contribution in [1.82, 2.24) is 0 Å². The van der Waals surface area contributed by atoms with E-state index in [4.69, 9.17) is 11.6 Å². The van der Waals surface area contributed by atoms with E-state index in [-0.39, 0.29) is 11.5 Å². The summed E-state index contributed by atoms with van der Waals surface area (Å²) in [5.74, 6) is -0.774. The highest BCUT2D eigenvalue weighted by Gasteiger charge is 2.51. The molecule has 1 saturated carbocycles. The first-order chi connectivity index (χ1) is 12.3. The van der Waals surface area contributed by atoms with E-state index in [2.05, 4.69) is 30.5 Å². The van der Waals surface area contributed by atoms with Crippen molar-refractivity contribution in [2.75, 3.05) is 10.6 Å². The second-order valence-corrected chi connectivity index (χ2v) is 8.51. The lowest BCUT2D eigenvalue weighted by Crippen LogP contribution is -2.34. The summed E-state index contributed by atoms with van der Waals surface area (Å²) in [5, 5.41) is 17.2. The number of carbonyl (C=O) groups is 1. The van der Waals surface area contributed by atoms with Gasteiger partial charge in [0, 0.05) is 16.4 Å². The number of hydrogen-bond acceptors (Lipinski definition) is 3. The number of benzene rings is 2. The molecule has 1 unspecified atom stereocenters. The summed E-state index contributed by atoms with van der Waals surface area (Å²) in [6.07, 6.45) is 2.24. The fraction of sp³-hybridized carbons (Fsp3) is 0.381. The molecule has 26 heavy (non-hydrogen) atoms. The topological polar surface area (TPSA) is 61.4 Å². The highest BCUT2D eigenvalue weighted by Crippen LogP contribution is 2.47. The summed E-state index contributed by atoms with van der Waals surface area (Å²) >= 11 is 6.20. The molecule has 0 bridgehead atoms. The average molecular weight is 371 g/mol. The Kier molecular flexibility index (Phi) is 3.92. The zero-order valence-corrected chi connectivity index (χ0v) is 15.7. The number of halogens is 1. The van der Waals surface area contributed by atoms with Crippen LogP contribution < -0.4 is 10.6 Å². The molecule has 1 aliphatic carbocycles. The average Bonchev–Trinajstić information content (AvgIpc) is 3.36. The minimum Gasteiger partial charge on any atom is -0.480 e. The van der Waals surface area contributed by atoms with Crippen molar-refractivity contribution in [1.29, 1.82) is 0 Å². The van der Waals surface area contributed by atoms with Crippen LogP contribution in [0.4, 0.5) is 11.4 Å². The van der Waals surface area contributed by atoms with E-state index in [1.807, 2.05) is 36.4 Å². The van der Waals surface area contributed by atoms with Gasteiger partial charge in [0.05, 0.1) is 6.04 Å². The number of carboxylic acids is 1. The van der Waals surface area contributed by atoms with Crippen molar-refractivity contribution < 1.29 is 9.90 Å². The first-order valence-corrected chi connectivity index (χ1v) is 9.36. The van der Waals surface area contributed by atoms with Gasteiger partial charge in [-0.2, -0.15) is 0 Å². The minimum atomic E-state index is -0.800. The summed E-state index contributed by atoms with van der Waals surface area (Å²) in [6, 6.07) is 14.1. The molecule has 2 aromatic rings. The Morgan fingerprint density at radius 1 is 1.23 bits per heavy atom. The standard InChI is InChI=1S/C21H23ClN2O2/c1-20(2)12-18(23-17-8-7-13(22)11-15(17)20)14-5-3-4-6-16(14)24-21(9-10-21)19(25)26/h3-8,11,18,23-24H,9-10,12H2,1-2H3,(H,25,26). The fourth-order valence-corrected chi connectivity index (χ4v) is 4.11. The molecule has 2 aliphatic rings. The van der Waals surface area contributed by atoms with Gasteiger partial charge in [0.2, 0.25) is 0 Å². The summed E-state index contributed by atoms with van der Waals surface area (Å²) in [6.45, 7) is 4.46. The molecule has 0 aromatic heterocycles. The third-order valence-corrected chi connectivity index (χ3v) is 5.86. The zero-order valence-electron chi connectivity index (χ0n) is 15.0. The molecule has 0 radical (unpaired) electrons. The summed E-state index contributed by atoms with van der Waals surface area (Å²) in [5.41, 5.74) is 3.48. The zero-order chi connectivity index (χ0) is 18.5. The first kappa shape index (κ1) is 17.2. The smallest absolute Gasteiger partial charge is 0.329 e. The number of carboxylic acid groups (broad SMARTS) is 1. The Balaban J connectivity index is 1.69. The normalized spacial score (nSPS) is 22.0. The fourth-order valence-electron chi connectivity index (χ4n) is 3.94. The van der Waals surface area contributed by atoms with Crippen molar-refractivity contribution >= 4 is 28.9 Å². The third-order valence-electron chi connectivity index (χ3n) is 5.62. The van der Waals surface area contributed by atoms with E-state index in [1.165, 1.54) is 5.56 Å². The van der Waals surface area contributed by atoms with Gasteiger partial charge in [-0.1, -0.05) is 43.6 Å². The Bertz CT molecular complexity index is 874. The molecule has 4 nitrogen and oxygen atoms in total. The van der Waals surface area contributed by atoms with Crippen molar-refractivity contribution in [2.45, 2.75) is 50.1 Å². The molecule has 0 spiro atoms. The second kappa shape index (κ2) is 5.92. The van der Waals surface area contributed by atoms with Crippen LogP contribution in [-0.2, 0) is 10.2 Å². The van der Waals surface area contributed by atoms with E-state index >= 15 is 0 Å². The van der Waals surface area contributed by atoms with E-state index in [0.717, 1.165) is 28.4 Å². The second-order valence-electron chi connectivity index (χ2n) is 8.07. The van der Waals surface area contributed by atoms with Crippen LogP contribution in [0.2, 0.25) is 5.02 Å².